The number of nitrogens with zero attached hydrogens (tertiary/aromatic N) is 2. The standard InChI is InChI=1S/C43H57N3O2/c1-39(2,3)27-16-18-34(42(10,11)12)30(22-27)32-24-29(41(7,8)9)25-33(38(32)45-36-20-21-44-26-37(36)46(47)48)31-23-28(40(4,5)6)17-19-35(31)43(13,14)15/h16-26H,1-15H3,(H,44,45). The number of hydrogen-bond acceptors (Lipinski definition) is 4. The van der Waals surface area contributed by atoms with Gasteiger partial charge in [-0.2, -0.15) is 0 Å². The fourth-order valence-corrected chi connectivity index (χ4v) is 6.18. The summed E-state index contributed by atoms with van der Waals surface area (Å²) in [5, 5.41) is 16.0. The number of benzene rings is 3. The molecule has 256 valence electrons. The molecule has 0 aliphatic rings. The summed E-state index contributed by atoms with van der Waals surface area (Å²) in [7, 11) is 0. The molecule has 0 atom stereocenters. The minimum absolute atomic E-state index is 0.0618. The van der Waals surface area contributed by atoms with E-state index in [-0.39, 0.29) is 37.7 Å². The molecule has 0 spiro atoms. The quantitative estimate of drug-likeness (QED) is 0.173. The molecule has 0 aliphatic heterocycles. The maximum atomic E-state index is 12.3. The number of anilines is 2. The van der Waals surface area contributed by atoms with Crippen LogP contribution in [0.15, 0.2) is 67.0 Å². The molecule has 5 heteroatoms. The summed E-state index contributed by atoms with van der Waals surface area (Å²) < 4.78 is 0. The number of rotatable bonds is 5. The molecule has 0 saturated heterocycles. The average Bonchev–Trinajstić information content (AvgIpc) is 2.94. The highest BCUT2D eigenvalue weighted by molar-refractivity contribution is 5.96. The maximum Gasteiger partial charge on any atom is 0.310 e. The summed E-state index contributed by atoms with van der Waals surface area (Å²) in [6.45, 7) is 33.7. The van der Waals surface area contributed by atoms with Gasteiger partial charge < -0.3 is 5.32 Å². The van der Waals surface area contributed by atoms with E-state index < -0.39 is 0 Å². The van der Waals surface area contributed by atoms with Crippen LogP contribution in [0.3, 0.4) is 0 Å². The normalized spacial score (nSPS) is 13.1. The van der Waals surface area contributed by atoms with Gasteiger partial charge in [-0.05, 0) is 84.2 Å². The summed E-state index contributed by atoms with van der Waals surface area (Å²) in [5.41, 5.74) is 11.0. The van der Waals surface area contributed by atoms with Crippen LogP contribution in [-0.2, 0) is 27.1 Å². The Hall–Kier alpha value is -3.99. The largest absolute Gasteiger partial charge is 0.349 e. The molecule has 0 bridgehead atoms. The van der Waals surface area contributed by atoms with Crippen molar-refractivity contribution >= 4 is 17.1 Å². The molecule has 0 amide bonds. The van der Waals surface area contributed by atoms with Gasteiger partial charge in [0.1, 0.15) is 11.9 Å². The van der Waals surface area contributed by atoms with Crippen molar-refractivity contribution in [2.24, 2.45) is 0 Å². The van der Waals surface area contributed by atoms with Crippen LogP contribution in [0.25, 0.3) is 22.3 Å². The van der Waals surface area contributed by atoms with Gasteiger partial charge in [0.25, 0.3) is 0 Å². The lowest BCUT2D eigenvalue weighted by Crippen LogP contribution is -2.18. The van der Waals surface area contributed by atoms with Crippen LogP contribution < -0.4 is 5.32 Å². The minimum Gasteiger partial charge on any atom is -0.349 e. The molecule has 4 aromatic rings. The lowest BCUT2D eigenvalue weighted by Gasteiger charge is -2.32. The lowest BCUT2D eigenvalue weighted by molar-refractivity contribution is -0.384. The number of nitro groups is 1. The van der Waals surface area contributed by atoms with E-state index in [1.165, 1.54) is 34.0 Å². The fourth-order valence-electron chi connectivity index (χ4n) is 6.18. The third kappa shape index (κ3) is 7.83. The van der Waals surface area contributed by atoms with Crippen LogP contribution >= 0.6 is 0 Å². The zero-order valence-electron chi connectivity index (χ0n) is 32.1. The molecule has 1 heterocycles. The minimum atomic E-state index is -0.361. The number of nitrogens with one attached hydrogen (secondary N) is 1. The topological polar surface area (TPSA) is 68.1 Å². The van der Waals surface area contributed by atoms with E-state index in [9.17, 15) is 10.1 Å². The lowest BCUT2D eigenvalue weighted by atomic mass is 9.74. The van der Waals surface area contributed by atoms with Crippen molar-refractivity contribution in [1.29, 1.82) is 0 Å². The summed E-state index contributed by atoms with van der Waals surface area (Å²) in [5.74, 6) is 0. The van der Waals surface area contributed by atoms with Crippen molar-refractivity contribution in [3.05, 3.63) is 105 Å². The predicted octanol–water partition coefficient (Wildman–Crippen LogP) is 12.6. The van der Waals surface area contributed by atoms with Gasteiger partial charge in [0, 0.05) is 17.3 Å². The second-order valence-electron chi connectivity index (χ2n) is 18.5. The highest BCUT2D eigenvalue weighted by Gasteiger charge is 2.30. The van der Waals surface area contributed by atoms with Crippen molar-refractivity contribution in [2.75, 3.05) is 5.32 Å². The monoisotopic (exact) mass is 647 g/mol. The van der Waals surface area contributed by atoms with Crippen molar-refractivity contribution in [2.45, 2.75) is 131 Å². The molecule has 0 aliphatic carbocycles. The summed E-state index contributed by atoms with van der Waals surface area (Å²) in [6.07, 6.45) is 2.94. The molecular formula is C43H57N3O2. The zero-order chi connectivity index (χ0) is 36.2. The Morgan fingerprint density at radius 2 is 0.938 bits per heavy atom. The van der Waals surface area contributed by atoms with E-state index >= 15 is 0 Å². The molecule has 1 N–H and O–H groups in total. The first-order valence-corrected chi connectivity index (χ1v) is 17.1. The molecule has 0 saturated carbocycles. The molecule has 48 heavy (non-hydrogen) atoms. The molecule has 3 aromatic carbocycles. The number of pyridine rings is 1. The van der Waals surface area contributed by atoms with Crippen LogP contribution in [0.1, 0.15) is 132 Å². The van der Waals surface area contributed by atoms with Gasteiger partial charge in [0.2, 0.25) is 0 Å². The molecule has 4 rings (SSSR count). The summed E-state index contributed by atoms with van der Waals surface area (Å²) in [4.78, 5) is 16.1. The maximum absolute atomic E-state index is 12.3. The van der Waals surface area contributed by atoms with Gasteiger partial charge in [-0.15, -0.1) is 0 Å². The van der Waals surface area contributed by atoms with Crippen molar-refractivity contribution in [3.63, 3.8) is 0 Å². The fraction of sp³-hybridized carbons (Fsp3) is 0.465. The van der Waals surface area contributed by atoms with Crippen LogP contribution in [-0.4, -0.2) is 9.91 Å². The van der Waals surface area contributed by atoms with E-state index in [2.05, 4.69) is 163 Å². The molecule has 0 radical (unpaired) electrons. The molecule has 0 fully saturated rings. The zero-order valence-corrected chi connectivity index (χ0v) is 32.1. The Bertz CT molecular complexity index is 1740. The smallest absolute Gasteiger partial charge is 0.310 e. The van der Waals surface area contributed by atoms with E-state index in [0.29, 0.717) is 5.69 Å². The van der Waals surface area contributed by atoms with Gasteiger partial charge in [-0.3, -0.25) is 15.1 Å². The predicted molar refractivity (Wildman–Crippen MR) is 205 cm³/mol. The summed E-state index contributed by atoms with van der Waals surface area (Å²) >= 11 is 0. The summed E-state index contributed by atoms with van der Waals surface area (Å²) in [6, 6.07) is 20.1. The van der Waals surface area contributed by atoms with Crippen molar-refractivity contribution in [3.8, 4) is 22.3 Å². The van der Waals surface area contributed by atoms with E-state index in [4.69, 9.17) is 0 Å². The third-order valence-electron chi connectivity index (χ3n) is 9.23. The Balaban J connectivity index is 2.32. The Labute approximate surface area is 289 Å². The van der Waals surface area contributed by atoms with Gasteiger partial charge in [-0.25, -0.2) is 0 Å². The van der Waals surface area contributed by atoms with E-state index in [1.807, 2.05) is 0 Å². The Morgan fingerprint density at radius 3 is 1.29 bits per heavy atom. The highest BCUT2D eigenvalue weighted by Crippen LogP contribution is 2.49. The second kappa shape index (κ2) is 12.5. The number of hydrogen-bond donors (Lipinski definition) is 1. The van der Waals surface area contributed by atoms with Gasteiger partial charge in [0.05, 0.1) is 10.6 Å². The molecule has 0 unspecified atom stereocenters. The van der Waals surface area contributed by atoms with Gasteiger partial charge >= 0.3 is 5.69 Å². The van der Waals surface area contributed by atoms with Crippen molar-refractivity contribution < 1.29 is 4.92 Å². The van der Waals surface area contributed by atoms with Crippen LogP contribution in [0.4, 0.5) is 17.1 Å². The van der Waals surface area contributed by atoms with E-state index in [1.54, 1.807) is 12.3 Å². The van der Waals surface area contributed by atoms with Gasteiger partial charge in [-0.1, -0.05) is 140 Å². The van der Waals surface area contributed by atoms with Crippen LogP contribution in [0.5, 0.6) is 0 Å². The Kier molecular flexibility index (Phi) is 9.57. The third-order valence-corrected chi connectivity index (χ3v) is 9.23. The highest BCUT2D eigenvalue weighted by atomic mass is 16.6. The first-order valence-electron chi connectivity index (χ1n) is 17.1. The van der Waals surface area contributed by atoms with Crippen LogP contribution in [0, 0.1) is 10.1 Å². The van der Waals surface area contributed by atoms with E-state index in [0.717, 1.165) is 27.9 Å². The average molecular weight is 648 g/mol. The number of aromatic nitrogens is 1. The Morgan fingerprint density at radius 1 is 0.542 bits per heavy atom. The van der Waals surface area contributed by atoms with Gasteiger partial charge in [0.15, 0.2) is 0 Å². The SMILES string of the molecule is CC(C)(C)c1ccc(C(C)(C)C)c(-c2cc(C(C)(C)C)cc(-c3cc(C(C)(C)C)ccc3C(C)(C)C)c2Nc2ccncc2[N+](=O)[O-])c1. The van der Waals surface area contributed by atoms with Crippen LogP contribution in [0.2, 0.25) is 0 Å². The first kappa shape index (κ1) is 36.8. The molecule has 5 nitrogen and oxygen atoms in total. The van der Waals surface area contributed by atoms with Crippen molar-refractivity contribution in [1.82, 2.24) is 4.98 Å². The molecule has 1 aromatic heterocycles. The first-order chi connectivity index (χ1) is 21.8. The second-order valence-corrected chi connectivity index (χ2v) is 18.5. The molecular weight excluding hydrogens is 590 g/mol.